The minimum Gasteiger partial charge on any atom is -0.453 e. The molecule has 0 bridgehead atoms. The van der Waals surface area contributed by atoms with Gasteiger partial charge in [-0.1, -0.05) is 6.07 Å². The summed E-state index contributed by atoms with van der Waals surface area (Å²) in [6.07, 6.45) is -8.68. The van der Waals surface area contributed by atoms with E-state index in [1.807, 2.05) is 0 Å². The molecular weight excluding hydrogens is 600 g/mol. The first-order valence-electron chi connectivity index (χ1n) is 12.9. The molecule has 4 aromatic rings. The minimum absolute atomic E-state index is 0.195. The van der Waals surface area contributed by atoms with Crippen LogP contribution < -0.4 is 15.2 Å². The number of imidazole rings is 1. The number of fused-ring (bicyclic) bond motifs is 1. The van der Waals surface area contributed by atoms with E-state index in [1.54, 1.807) is 24.3 Å². The molecule has 2 aromatic heterocycles. The number of carbonyl (C=O) groups excluding carboxylic acids is 3. The van der Waals surface area contributed by atoms with Crippen LogP contribution in [0.5, 0.6) is 17.2 Å². The van der Waals surface area contributed by atoms with Gasteiger partial charge in [0.15, 0.2) is 17.3 Å². The molecular formula is C28H21F6N5O5. The van der Waals surface area contributed by atoms with Crippen molar-refractivity contribution >= 4 is 28.8 Å². The Hall–Kier alpha value is -5.15. The zero-order chi connectivity index (χ0) is 32.0. The molecule has 0 aliphatic carbocycles. The van der Waals surface area contributed by atoms with Gasteiger partial charge in [-0.05, 0) is 43.2 Å². The van der Waals surface area contributed by atoms with E-state index in [0.29, 0.717) is 42.5 Å². The number of rotatable bonds is 6. The van der Waals surface area contributed by atoms with Gasteiger partial charge in [0.2, 0.25) is 11.8 Å². The second kappa shape index (κ2) is 11.2. The van der Waals surface area contributed by atoms with Gasteiger partial charge >= 0.3 is 18.3 Å². The minimum atomic E-state index is -5.70. The van der Waals surface area contributed by atoms with Crippen LogP contribution in [0.25, 0.3) is 22.6 Å². The number of nitrogens with zero attached hydrogens (tertiary/aromatic N) is 3. The number of alkyl halides is 6. The predicted octanol–water partition coefficient (Wildman–Crippen LogP) is 5.69. The number of likely N-dealkylation sites (tertiary alicyclic amines) is 1. The summed E-state index contributed by atoms with van der Waals surface area (Å²) >= 11 is 0. The number of H-pyrrole nitrogens is 1. The first-order valence-corrected chi connectivity index (χ1v) is 12.9. The van der Waals surface area contributed by atoms with E-state index in [1.165, 1.54) is 24.1 Å². The SMILES string of the molecule is CC(=O)N1CCCC1c1cc2[nH]c(-c3ccccn3)nc2cc1Oc1ccc(C(N)=O)c(C(F)(F)F)c1OC(=O)C(F)(F)F. The van der Waals surface area contributed by atoms with E-state index in [0.717, 1.165) is 6.07 Å². The van der Waals surface area contributed by atoms with Crippen molar-refractivity contribution in [3.63, 3.8) is 0 Å². The predicted molar refractivity (Wildman–Crippen MR) is 140 cm³/mol. The van der Waals surface area contributed by atoms with Gasteiger partial charge in [-0.25, -0.2) is 9.78 Å². The fraction of sp³-hybridized carbons (Fsp3) is 0.250. The van der Waals surface area contributed by atoms with Crippen molar-refractivity contribution < 1.29 is 50.2 Å². The van der Waals surface area contributed by atoms with E-state index >= 15 is 0 Å². The third-order valence-corrected chi connectivity index (χ3v) is 6.85. The zero-order valence-corrected chi connectivity index (χ0v) is 22.5. The van der Waals surface area contributed by atoms with Crippen LogP contribution in [0.1, 0.15) is 47.3 Å². The molecule has 1 aliphatic rings. The third-order valence-electron chi connectivity index (χ3n) is 6.85. The summed E-state index contributed by atoms with van der Waals surface area (Å²) in [5, 5.41) is 0. The lowest BCUT2D eigenvalue weighted by Crippen LogP contribution is -2.30. The Morgan fingerprint density at radius 2 is 1.80 bits per heavy atom. The molecule has 230 valence electrons. The van der Waals surface area contributed by atoms with Crippen LogP contribution in [0, 0.1) is 0 Å². The largest absolute Gasteiger partial charge is 0.491 e. The molecule has 44 heavy (non-hydrogen) atoms. The Morgan fingerprint density at radius 1 is 1.05 bits per heavy atom. The molecule has 16 heteroatoms. The third kappa shape index (κ3) is 5.87. The van der Waals surface area contributed by atoms with Crippen LogP contribution in [-0.2, 0) is 15.8 Å². The maximum absolute atomic E-state index is 14.2. The number of nitrogens with two attached hydrogens (primary N) is 1. The smallest absolute Gasteiger partial charge is 0.453 e. The van der Waals surface area contributed by atoms with Crippen molar-refractivity contribution in [1.82, 2.24) is 19.9 Å². The number of esters is 1. The monoisotopic (exact) mass is 621 g/mol. The van der Waals surface area contributed by atoms with E-state index < -0.39 is 52.9 Å². The second-order valence-corrected chi connectivity index (χ2v) is 9.74. The quantitative estimate of drug-likeness (QED) is 0.160. The molecule has 5 rings (SSSR count). The lowest BCUT2D eigenvalue weighted by molar-refractivity contribution is -0.190. The van der Waals surface area contributed by atoms with Crippen LogP contribution >= 0.6 is 0 Å². The first-order chi connectivity index (χ1) is 20.6. The summed E-state index contributed by atoms with van der Waals surface area (Å²) in [4.78, 5) is 49.3. The lowest BCUT2D eigenvalue weighted by atomic mass is 10.0. The molecule has 0 spiro atoms. The Kier molecular flexibility index (Phi) is 7.69. The van der Waals surface area contributed by atoms with Gasteiger partial charge in [-0.15, -0.1) is 0 Å². The number of nitrogens with one attached hydrogen (secondary N) is 1. The van der Waals surface area contributed by atoms with E-state index in [9.17, 15) is 40.7 Å². The van der Waals surface area contributed by atoms with Crippen molar-refractivity contribution in [2.75, 3.05) is 6.54 Å². The Morgan fingerprint density at radius 3 is 2.41 bits per heavy atom. The molecule has 1 unspecified atom stereocenters. The summed E-state index contributed by atoms with van der Waals surface area (Å²) in [5.74, 6) is -7.50. The number of hydrogen-bond donors (Lipinski definition) is 2. The molecule has 10 nitrogen and oxygen atoms in total. The van der Waals surface area contributed by atoms with Crippen molar-refractivity contribution in [2.24, 2.45) is 5.73 Å². The summed E-state index contributed by atoms with van der Waals surface area (Å²) in [6.45, 7) is 1.69. The highest BCUT2D eigenvalue weighted by molar-refractivity contribution is 5.96. The molecule has 0 saturated carbocycles. The number of aromatic nitrogens is 3. The van der Waals surface area contributed by atoms with Gasteiger partial charge in [0.05, 0.1) is 22.6 Å². The number of aromatic amines is 1. The fourth-order valence-electron chi connectivity index (χ4n) is 5.00. The van der Waals surface area contributed by atoms with Gasteiger partial charge < -0.3 is 25.1 Å². The van der Waals surface area contributed by atoms with Crippen molar-refractivity contribution in [3.05, 3.63) is 65.4 Å². The average molecular weight is 621 g/mol. The number of hydrogen-bond acceptors (Lipinski definition) is 7. The lowest BCUT2D eigenvalue weighted by Gasteiger charge is -2.26. The number of carbonyl (C=O) groups is 3. The number of benzene rings is 2. The average Bonchev–Trinajstić information content (AvgIpc) is 3.60. The van der Waals surface area contributed by atoms with Gasteiger partial charge in [0.1, 0.15) is 17.0 Å². The standard InChI is InChI=1S/C28H21F6N5O5/c1-13(40)39-10-4-6-19(39)15-11-17-18(38-25(37-17)16-5-2-3-9-36-16)12-21(15)43-20-8-7-14(24(35)41)22(27(29,30)31)23(20)44-26(42)28(32,33)34/h2-3,5,7-9,11-12,19H,4,6,10H2,1H3,(H2,35,41)(H,37,38). The number of pyridine rings is 1. The first kappa shape index (κ1) is 30.3. The van der Waals surface area contributed by atoms with Crippen LogP contribution in [0.3, 0.4) is 0 Å². The summed E-state index contributed by atoms with van der Waals surface area (Å²) in [6, 6.07) is 8.63. The van der Waals surface area contributed by atoms with E-state index in [2.05, 4.69) is 19.7 Å². The summed E-state index contributed by atoms with van der Waals surface area (Å²) < 4.78 is 91.9. The number of primary amides is 1. The Balaban J connectivity index is 1.72. The normalized spacial score (nSPS) is 15.4. The van der Waals surface area contributed by atoms with Crippen LogP contribution in [-0.4, -0.2) is 50.4 Å². The van der Waals surface area contributed by atoms with Gasteiger partial charge in [-0.2, -0.15) is 26.3 Å². The molecule has 0 radical (unpaired) electrons. The summed E-state index contributed by atoms with van der Waals surface area (Å²) in [7, 11) is 0. The van der Waals surface area contributed by atoms with E-state index in [-0.39, 0.29) is 22.7 Å². The van der Waals surface area contributed by atoms with Crippen LogP contribution in [0.15, 0.2) is 48.7 Å². The van der Waals surface area contributed by atoms with Gasteiger partial charge in [0, 0.05) is 31.3 Å². The summed E-state index contributed by atoms with van der Waals surface area (Å²) in [5.41, 5.74) is 3.18. The van der Waals surface area contributed by atoms with Gasteiger partial charge in [0.25, 0.3) is 0 Å². The van der Waals surface area contributed by atoms with Crippen molar-refractivity contribution in [3.8, 4) is 28.8 Å². The van der Waals surface area contributed by atoms with Crippen molar-refractivity contribution in [2.45, 2.75) is 38.2 Å². The highest BCUT2D eigenvalue weighted by atomic mass is 19.4. The molecule has 1 saturated heterocycles. The number of amides is 2. The van der Waals surface area contributed by atoms with Crippen molar-refractivity contribution in [1.29, 1.82) is 0 Å². The molecule has 3 heterocycles. The molecule has 2 aromatic carbocycles. The van der Waals surface area contributed by atoms with Gasteiger partial charge in [-0.3, -0.25) is 14.6 Å². The molecule has 1 aliphatic heterocycles. The Labute approximate surface area is 243 Å². The second-order valence-electron chi connectivity index (χ2n) is 9.74. The van der Waals surface area contributed by atoms with Crippen LogP contribution in [0.4, 0.5) is 26.3 Å². The maximum Gasteiger partial charge on any atom is 0.491 e. The molecule has 1 fully saturated rings. The topological polar surface area (TPSA) is 140 Å². The fourth-order valence-corrected chi connectivity index (χ4v) is 5.00. The zero-order valence-electron chi connectivity index (χ0n) is 22.5. The highest BCUT2D eigenvalue weighted by Gasteiger charge is 2.46. The molecule has 2 amide bonds. The van der Waals surface area contributed by atoms with E-state index in [4.69, 9.17) is 10.5 Å². The maximum atomic E-state index is 14.2. The highest BCUT2D eigenvalue weighted by Crippen LogP contribution is 2.48. The number of ether oxygens (including phenoxy) is 2. The molecule has 3 N–H and O–H groups in total. The number of halogens is 6. The van der Waals surface area contributed by atoms with Crippen LogP contribution in [0.2, 0.25) is 0 Å². The molecule has 1 atom stereocenters. The Bertz CT molecular complexity index is 1770.